The lowest BCUT2D eigenvalue weighted by atomic mass is 9.47. The molecule has 0 radical (unpaired) electrons. The number of ketones is 1. The average molecular weight is 501 g/mol. The van der Waals surface area contributed by atoms with Crippen LogP contribution in [0.4, 0.5) is 0 Å². The van der Waals surface area contributed by atoms with E-state index in [1.54, 1.807) is 0 Å². The van der Waals surface area contributed by atoms with Crippen molar-refractivity contribution < 1.29 is 23.9 Å². The minimum atomic E-state index is -0.252. The summed E-state index contributed by atoms with van der Waals surface area (Å²) in [4.78, 5) is 35.9. The highest BCUT2D eigenvalue weighted by molar-refractivity contribution is 5.81. The maximum absolute atomic E-state index is 13.3. The summed E-state index contributed by atoms with van der Waals surface area (Å²) in [5.41, 5.74) is 2.01. The first-order valence-electron chi connectivity index (χ1n) is 14.5. The van der Waals surface area contributed by atoms with E-state index in [1.165, 1.54) is 45.1 Å². The number of carbonyl (C=O) groups excluding carboxylic acids is 3. The second kappa shape index (κ2) is 10.6. The number of Topliss-reactive ketones (excluding diaryl/α,β-unsaturated/α-hetero) is 1. The molecule has 5 heteroatoms. The van der Waals surface area contributed by atoms with Gasteiger partial charge in [0.25, 0.3) is 0 Å². The van der Waals surface area contributed by atoms with E-state index < -0.39 is 0 Å². The fourth-order valence-electron chi connectivity index (χ4n) is 9.01. The number of hydrogen-bond acceptors (Lipinski definition) is 5. The van der Waals surface area contributed by atoms with Crippen molar-refractivity contribution in [2.24, 2.45) is 46.3 Å². The van der Waals surface area contributed by atoms with Crippen LogP contribution < -0.4 is 0 Å². The first-order chi connectivity index (χ1) is 17.0. The molecule has 0 aromatic heterocycles. The highest BCUT2D eigenvalue weighted by atomic mass is 16.5. The van der Waals surface area contributed by atoms with Gasteiger partial charge in [0, 0.05) is 32.6 Å². The predicted octanol–water partition coefficient (Wildman–Crippen LogP) is 6.68. The molecule has 0 heterocycles. The van der Waals surface area contributed by atoms with Gasteiger partial charge in [0.15, 0.2) is 0 Å². The zero-order valence-electron chi connectivity index (χ0n) is 23.4. The molecule has 0 spiro atoms. The Labute approximate surface area is 218 Å². The minimum Gasteiger partial charge on any atom is -0.466 e. The summed E-state index contributed by atoms with van der Waals surface area (Å²) in [5, 5.41) is 0. The zero-order chi connectivity index (χ0) is 26.3. The smallest absolute Gasteiger partial charge is 0.302 e. The Balaban J connectivity index is 1.41. The van der Waals surface area contributed by atoms with E-state index in [0.717, 1.165) is 32.1 Å². The molecule has 3 fully saturated rings. The number of carbonyl (C=O) groups is 3. The fourth-order valence-corrected chi connectivity index (χ4v) is 9.01. The van der Waals surface area contributed by atoms with Gasteiger partial charge in [-0.3, -0.25) is 14.4 Å². The average Bonchev–Trinajstić information content (AvgIpc) is 3.17. The number of ether oxygens (including phenoxy) is 2. The van der Waals surface area contributed by atoms with Crippen LogP contribution in [-0.4, -0.2) is 30.4 Å². The van der Waals surface area contributed by atoms with Gasteiger partial charge in [0.1, 0.15) is 11.9 Å². The second-order valence-electron chi connectivity index (χ2n) is 13.2. The quantitative estimate of drug-likeness (QED) is 0.275. The molecule has 9 atom stereocenters. The Morgan fingerprint density at radius 2 is 1.75 bits per heavy atom. The van der Waals surface area contributed by atoms with Gasteiger partial charge in [0.2, 0.25) is 0 Å². The standard InChI is InChI=1S/C31H48O5/c1-19(18-35-21(3)32)7-12-29(34)20(2)26-10-11-27-25-9-8-23-17-24(36-22(4)33)13-15-30(23,5)28(25)14-16-31(26,27)6/h8,19-20,24-28H,7,9-18H2,1-6H3/t19?,20-,24?,25-,26+,27-,28-,30-,31+/m0/s1. The molecule has 202 valence electrons. The molecule has 5 nitrogen and oxygen atoms in total. The van der Waals surface area contributed by atoms with Gasteiger partial charge in [-0.2, -0.15) is 0 Å². The van der Waals surface area contributed by atoms with Gasteiger partial charge in [-0.25, -0.2) is 0 Å². The summed E-state index contributed by atoms with van der Waals surface area (Å²) in [6, 6.07) is 0. The third kappa shape index (κ3) is 5.18. The lowest BCUT2D eigenvalue weighted by molar-refractivity contribution is -0.148. The molecular formula is C31H48O5. The maximum Gasteiger partial charge on any atom is 0.302 e. The van der Waals surface area contributed by atoms with E-state index in [0.29, 0.717) is 42.5 Å². The SMILES string of the molecule is CC(=O)OCC(C)CCC(=O)[C@@H](C)[C@H]1CC[C@H]2[C@@H]3CC=C4CC(OC(C)=O)CC[C@]4(C)[C@H]3CC[C@]12C. The summed E-state index contributed by atoms with van der Waals surface area (Å²) in [6.07, 6.45) is 13.0. The Morgan fingerprint density at radius 1 is 1.00 bits per heavy atom. The monoisotopic (exact) mass is 500 g/mol. The van der Waals surface area contributed by atoms with E-state index >= 15 is 0 Å². The maximum atomic E-state index is 13.3. The number of rotatable bonds is 8. The Kier molecular flexibility index (Phi) is 8.07. The molecule has 4 aliphatic carbocycles. The molecule has 3 saturated carbocycles. The van der Waals surface area contributed by atoms with Crippen molar-refractivity contribution in [3.05, 3.63) is 11.6 Å². The number of hydrogen-bond donors (Lipinski definition) is 0. The summed E-state index contributed by atoms with van der Waals surface area (Å²) < 4.78 is 10.7. The molecule has 0 bridgehead atoms. The van der Waals surface area contributed by atoms with Gasteiger partial charge in [-0.15, -0.1) is 0 Å². The minimum absolute atomic E-state index is 0.0479. The van der Waals surface area contributed by atoms with Crippen molar-refractivity contribution in [1.29, 1.82) is 0 Å². The third-order valence-corrected chi connectivity index (χ3v) is 11.0. The molecule has 36 heavy (non-hydrogen) atoms. The van der Waals surface area contributed by atoms with Gasteiger partial charge in [-0.05, 0) is 91.8 Å². The molecule has 0 aliphatic heterocycles. The lowest BCUT2D eigenvalue weighted by Crippen LogP contribution is -2.51. The fraction of sp³-hybridized carbons (Fsp3) is 0.839. The molecular weight excluding hydrogens is 452 g/mol. The van der Waals surface area contributed by atoms with Crippen LogP contribution in [-0.2, 0) is 23.9 Å². The van der Waals surface area contributed by atoms with Crippen LogP contribution in [0, 0.1) is 46.3 Å². The number of allylic oxidation sites excluding steroid dienone is 1. The van der Waals surface area contributed by atoms with E-state index in [9.17, 15) is 14.4 Å². The summed E-state index contributed by atoms with van der Waals surface area (Å²) >= 11 is 0. The topological polar surface area (TPSA) is 69.7 Å². The largest absolute Gasteiger partial charge is 0.466 e. The van der Waals surface area contributed by atoms with Crippen LogP contribution in [0.5, 0.6) is 0 Å². The van der Waals surface area contributed by atoms with Gasteiger partial charge in [-0.1, -0.05) is 39.3 Å². The van der Waals surface area contributed by atoms with Crippen molar-refractivity contribution in [1.82, 2.24) is 0 Å². The van der Waals surface area contributed by atoms with Crippen LogP contribution in [0.15, 0.2) is 11.6 Å². The van der Waals surface area contributed by atoms with Gasteiger partial charge >= 0.3 is 11.9 Å². The van der Waals surface area contributed by atoms with Crippen LogP contribution in [0.3, 0.4) is 0 Å². The van der Waals surface area contributed by atoms with Crippen molar-refractivity contribution in [2.45, 2.75) is 112 Å². The summed E-state index contributed by atoms with van der Waals surface area (Å²) in [7, 11) is 0. The van der Waals surface area contributed by atoms with Crippen LogP contribution in [0.25, 0.3) is 0 Å². The third-order valence-electron chi connectivity index (χ3n) is 11.0. The molecule has 0 aromatic rings. The van der Waals surface area contributed by atoms with Crippen molar-refractivity contribution >= 4 is 17.7 Å². The first kappa shape index (κ1) is 27.4. The molecule has 0 N–H and O–H groups in total. The van der Waals surface area contributed by atoms with Gasteiger partial charge in [0.05, 0.1) is 6.61 Å². The van der Waals surface area contributed by atoms with E-state index in [-0.39, 0.29) is 40.7 Å². The highest BCUT2D eigenvalue weighted by Gasteiger charge is 2.59. The van der Waals surface area contributed by atoms with Crippen molar-refractivity contribution in [3.8, 4) is 0 Å². The van der Waals surface area contributed by atoms with Crippen LogP contribution in [0.1, 0.15) is 106 Å². The molecule has 0 amide bonds. The highest BCUT2D eigenvalue weighted by Crippen LogP contribution is 2.67. The van der Waals surface area contributed by atoms with Crippen molar-refractivity contribution in [3.63, 3.8) is 0 Å². The summed E-state index contributed by atoms with van der Waals surface area (Å²) in [5.74, 6) is 2.87. The second-order valence-corrected chi connectivity index (χ2v) is 13.2. The molecule has 0 saturated heterocycles. The zero-order valence-corrected chi connectivity index (χ0v) is 23.4. The summed E-state index contributed by atoms with van der Waals surface area (Å²) in [6.45, 7) is 12.6. The number of fused-ring (bicyclic) bond motifs is 5. The van der Waals surface area contributed by atoms with E-state index in [2.05, 4.69) is 33.8 Å². The Morgan fingerprint density at radius 3 is 2.44 bits per heavy atom. The number of esters is 2. The van der Waals surface area contributed by atoms with Crippen LogP contribution in [0.2, 0.25) is 0 Å². The molecule has 0 aromatic carbocycles. The molecule has 4 aliphatic rings. The predicted molar refractivity (Wildman–Crippen MR) is 140 cm³/mol. The van der Waals surface area contributed by atoms with Crippen LogP contribution >= 0.6 is 0 Å². The van der Waals surface area contributed by atoms with E-state index in [1.807, 2.05) is 0 Å². The lowest BCUT2D eigenvalue weighted by Gasteiger charge is -2.58. The Bertz CT molecular complexity index is 891. The molecule has 4 rings (SSSR count). The normalized spacial score (nSPS) is 39.1. The first-order valence-corrected chi connectivity index (χ1v) is 14.5. The van der Waals surface area contributed by atoms with E-state index in [4.69, 9.17) is 9.47 Å². The molecule has 2 unspecified atom stereocenters. The van der Waals surface area contributed by atoms with Crippen molar-refractivity contribution in [2.75, 3.05) is 6.61 Å². The van der Waals surface area contributed by atoms with Gasteiger partial charge < -0.3 is 9.47 Å². The Hall–Kier alpha value is -1.65.